The molecule has 0 aliphatic carbocycles. The summed E-state index contributed by atoms with van der Waals surface area (Å²) in [5.41, 5.74) is 4.53. The minimum Gasteiger partial charge on any atom is -0.306 e. The molecule has 0 aromatic heterocycles. The van der Waals surface area contributed by atoms with E-state index < -0.39 is 0 Å². The van der Waals surface area contributed by atoms with E-state index in [1.807, 2.05) is 30.3 Å². The van der Waals surface area contributed by atoms with Crippen LogP contribution in [-0.4, -0.2) is 16.9 Å². The van der Waals surface area contributed by atoms with E-state index in [0.717, 1.165) is 5.56 Å². The number of amides is 3. The lowest BCUT2D eigenvalue weighted by Gasteiger charge is -2.20. The number of fused-ring (bicyclic) bond motifs is 1. The maximum atomic E-state index is 12.1. The largest absolute Gasteiger partial charge is 0.340 e. The molecule has 5 heteroatoms. The molecule has 0 fully saturated rings. The highest BCUT2D eigenvalue weighted by atomic mass is 16.2. The second kappa shape index (κ2) is 5.05. The number of hydrogen-bond donors (Lipinski definition) is 2. The van der Waals surface area contributed by atoms with Crippen LogP contribution in [0.25, 0.3) is 0 Å². The van der Waals surface area contributed by atoms with Gasteiger partial charge in [-0.05, 0) is 17.7 Å². The summed E-state index contributed by atoms with van der Waals surface area (Å²) in [7, 11) is 0. The van der Waals surface area contributed by atoms with Crippen LogP contribution >= 0.6 is 0 Å². The molecule has 20 heavy (non-hydrogen) atoms. The molecule has 2 N–H and O–H groups in total. The van der Waals surface area contributed by atoms with Crippen LogP contribution in [0.4, 0.5) is 10.5 Å². The van der Waals surface area contributed by atoms with Gasteiger partial charge in [0.25, 0.3) is 5.91 Å². The first-order valence-corrected chi connectivity index (χ1v) is 6.26. The zero-order valence-electron chi connectivity index (χ0n) is 10.7. The van der Waals surface area contributed by atoms with Gasteiger partial charge in [-0.1, -0.05) is 42.5 Å². The van der Waals surface area contributed by atoms with Gasteiger partial charge in [0, 0.05) is 0 Å². The fraction of sp³-hybridized carbons (Fsp3) is 0.0667. The van der Waals surface area contributed by atoms with Gasteiger partial charge in [-0.2, -0.15) is 0 Å². The molecule has 0 bridgehead atoms. The number of nitrogens with one attached hydrogen (secondary N) is 2. The smallest absolute Gasteiger partial charge is 0.306 e. The Bertz CT molecular complexity index is 655. The first kappa shape index (κ1) is 12.2. The Morgan fingerprint density at radius 3 is 2.40 bits per heavy atom. The van der Waals surface area contributed by atoms with E-state index in [4.69, 9.17) is 0 Å². The Morgan fingerprint density at radius 1 is 0.900 bits per heavy atom. The molecular weight excluding hydrogens is 254 g/mol. The Hall–Kier alpha value is -2.82. The van der Waals surface area contributed by atoms with E-state index in [1.165, 1.54) is 5.01 Å². The van der Waals surface area contributed by atoms with Gasteiger partial charge in [-0.3, -0.25) is 10.2 Å². The summed E-state index contributed by atoms with van der Waals surface area (Å²) in [5.74, 6) is -0.296. The van der Waals surface area contributed by atoms with Crippen LogP contribution in [0, 0.1) is 0 Å². The number of carbonyl (C=O) groups is 2. The number of carbonyl (C=O) groups excluding carboxylic acids is 2. The molecule has 5 nitrogen and oxygen atoms in total. The van der Waals surface area contributed by atoms with Crippen molar-refractivity contribution in [3.63, 3.8) is 0 Å². The average Bonchev–Trinajstić information content (AvgIpc) is 2.58. The van der Waals surface area contributed by atoms with E-state index in [-0.39, 0.29) is 11.9 Å². The number of nitrogens with zero attached hydrogens (tertiary/aromatic N) is 1. The maximum absolute atomic E-state index is 12.1. The number of hydrogen-bond acceptors (Lipinski definition) is 2. The first-order valence-electron chi connectivity index (χ1n) is 6.26. The van der Waals surface area contributed by atoms with Crippen LogP contribution < -0.4 is 10.7 Å². The van der Waals surface area contributed by atoms with Crippen molar-refractivity contribution in [2.45, 2.75) is 6.54 Å². The fourth-order valence-corrected chi connectivity index (χ4v) is 2.08. The second-order valence-corrected chi connectivity index (χ2v) is 4.49. The molecule has 0 unspecified atom stereocenters. The van der Waals surface area contributed by atoms with Crippen molar-refractivity contribution >= 4 is 17.6 Å². The highest BCUT2D eigenvalue weighted by Gasteiger charge is 2.24. The number of rotatable bonds is 2. The van der Waals surface area contributed by atoms with Crippen molar-refractivity contribution in [1.82, 2.24) is 10.4 Å². The van der Waals surface area contributed by atoms with Gasteiger partial charge in [-0.15, -0.1) is 0 Å². The summed E-state index contributed by atoms with van der Waals surface area (Å²) in [6.07, 6.45) is 0. The molecule has 3 amide bonds. The van der Waals surface area contributed by atoms with E-state index in [0.29, 0.717) is 17.8 Å². The number of anilines is 1. The predicted octanol–water partition coefficient (Wildman–Crippen LogP) is 2.38. The van der Waals surface area contributed by atoms with Gasteiger partial charge in [-0.25, -0.2) is 9.80 Å². The summed E-state index contributed by atoms with van der Waals surface area (Å²) in [5, 5.41) is 4.00. The predicted molar refractivity (Wildman–Crippen MR) is 74.9 cm³/mol. The van der Waals surface area contributed by atoms with Crippen LogP contribution in [0.5, 0.6) is 0 Å². The number of hydrazine groups is 1. The van der Waals surface area contributed by atoms with E-state index in [1.54, 1.807) is 24.3 Å². The zero-order valence-corrected chi connectivity index (χ0v) is 10.7. The van der Waals surface area contributed by atoms with Gasteiger partial charge >= 0.3 is 6.03 Å². The highest BCUT2D eigenvalue weighted by Crippen LogP contribution is 2.18. The third-order valence-electron chi connectivity index (χ3n) is 3.08. The maximum Gasteiger partial charge on any atom is 0.340 e. The first-order chi connectivity index (χ1) is 9.74. The van der Waals surface area contributed by atoms with E-state index in [9.17, 15) is 9.59 Å². The SMILES string of the molecule is O=C1NN(Cc2ccccc2)C(=O)Nc2ccccc21. The Balaban J connectivity index is 1.86. The molecule has 0 saturated heterocycles. The van der Waals surface area contributed by atoms with Gasteiger partial charge in [0.15, 0.2) is 0 Å². The molecule has 1 aliphatic rings. The van der Waals surface area contributed by atoms with Crippen molar-refractivity contribution in [2.75, 3.05) is 5.32 Å². The van der Waals surface area contributed by atoms with E-state index in [2.05, 4.69) is 10.7 Å². The standard InChI is InChI=1S/C15H13N3O2/c19-14-12-8-4-5-9-13(12)16-15(20)18(17-14)10-11-6-2-1-3-7-11/h1-9H,10H2,(H,16,20)(H,17,19). The quantitative estimate of drug-likeness (QED) is 0.877. The molecule has 1 heterocycles. The van der Waals surface area contributed by atoms with Gasteiger partial charge < -0.3 is 5.32 Å². The molecule has 0 saturated carbocycles. The van der Waals surface area contributed by atoms with Gasteiger partial charge in [0.2, 0.25) is 0 Å². The average molecular weight is 267 g/mol. The van der Waals surface area contributed by atoms with Crippen molar-refractivity contribution in [2.24, 2.45) is 0 Å². The van der Waals surface area contributed by atoms with Crippen molar-refractivity contribution in [3.8, 4) is 0 Å². The fourth-order valence-electron chi connectivity index (χ4n) is 2.08. The van der Waals surface area contributed by atoms with Crippen molar-refractivity contribution in [1.29, 1.82) is 0 Å². The summed E-state index contributed by atoms with van der Waals surface area (Å²) >= 11 is 0. The highest BCUT2D eigenvalue weighted by molar-refractivity contribution is 6.06. The molecule has 0 radical (unpaired) electrons. The topological polar surface area (TPSA) is 61.4 Å². The summed E-state index contributed by atoms with van der Waals surface area (Å²) < 4.78 is 0. The van der Waals surface area contributed by atoms with Gasteiger partial charge in [0.1, 0.15) is 0 Å². The Morgan fingerprint density at radius 2 is 1.60 bits per heavy atom. The monoisotopic (exact) mass is 267 g/mol. The van der Waals surface area contributed by atoms with Crippen molar-refractivity contribution in [3.05, 3.63) is 65.7 Å². The molecule has 3 rings (SSSR count). The third-order valence-corrected chi connectivity index (χ3v) is 3.08. The summed E-state index contributed by atoms with van der Waals surface area (Å²) in [6, 6.07) is 16.1. The lowest BCUT2D eigenvalue weighted by Crippen LogP contribution is -2.45. The van der Waals surface area contributed by atoms with Crippen LogP contribution in [-0.2, 0) is 6.54 Å². The van der Waals surface area contributed by atoms with Crippen LogP contribution in [0.1, 0.15) is 15.9 Å². The zero-order chi connectivity index (χ0) is 13.9. The number of para-hydroxylation sites is 1. The third kappa shape index (κ3) is 2.33. The van der Waals surface area contributed by atoms with E-state index >= 15 is 0 Å². The molecule has 0 spiro atoms. The molecule has 100 valence electrons. The molecule has 2 aromatic rings. The van der Waals surface area contributed by atoms with Gasteiger partial charge in [0.05, 0.1) is 17.8 Å². The van der Waals surface area contributed by atoms with Crippen LogP contribution in [0.15, 0.2) is 54.6 Å². The lowest BCUT2D eigenvalue weighted by atomic mass is 10.2. The summed E-state index contributed by atoms with van der Waals surface area (Å²) in [4.78, 5) is 24.2. The Labute approximate surface area is 116 Å². The molecule has 1 aliphatic heterocycles. The minimum atomic E-state index is -0.354. The van der Waals surface area contributed by atoms with Crippen LogP contribution in [0.3, 0.4) is 0 Å². The molecule has 2 aromatic carbocycles. The Kier molecular flexibility index (Phi) is 3.09. The number of benzene rings is 2. The number of urea groups is 1. The molecule has 0 atom stereocenters. The summed E-state index contributed by atoms with van der Waals surface area (Å²) in [6.45, 7) is 0.312. The lowest BCUT2D eigenvalue weighted by molar-refractivity contribution is 0.0836. The molecular formula is C15H13N3O2. The van der Waals surface area contributed by atoms with Crippen molar-refractivity contribution < 1.29 is 9.59 Å². The normalized spacial score (nSPS) is 14.1. The van der Waals surface area contributed by atoms with Crippen LogP contribution in [0.2, 0.25) is 0 Å². The second-order valence-electron chi connectivity index (χ2n) is 4.49. The minimum absolute atomic E-state index is 0.296.